The second-order valence-electron chi connectivity index (χ2n) is 4.59. The molecule has 0 aliphatic carbocycles. The van der Waals surface area contributed by atoms with Crippen molar-refractivity contribution in [3.8, 4) is 0 Å². The lowest BCUT2D eigenvalue weighted by Gasteiger charge is -2.22. The molecule has 2 atom stereocenters. The first kappa shape index (κ1) is 17.6. The molecule has 0 heterocycles. The molecule has 0 aliphatic heterocycles. The number of hydrogen-bond acceptors (Lipinski definition) is 3. The summed E-state index contributed by atoms with van der Waals surface area (Å²) in [6.45, 7) is 3.78. The standard InChI is InChI=1S/C14H18Cl2N2O3/c1-4-8(2)12(13(19)21-3)18-14(20)17-10-7-5-6-9(15)11(10)16/h5-8,12H,4H2,1-3H3,(H2,17,18,20)/t8-,12+/m1/s1. The van der Waals surface area contributed by atoms with E-state index in [0.717, 1.165) is 6.42 Å². The van der Waals surface area contributed by atoms with Crippen molar-refractivity contribution in [1.29, 1.82) is 0 Å². The molecule has 0 radical (unpaired) electrons. The smallest absolute Gasteiger partial charge is 0.328 e. The van der Waals surface area contributed by atoms with Crippen LogP contribution in [0, 0.1) is 5.92 Å². The number of rotatable bonds is 5. The molecule has 21 heavy (non-hydrogen) atoms. The highest BCUT2D eigenvalue weighted by atomic mass is 35.5. The lowest BCUT2D eigenvalue weighted by molar-refractivity contribution is -0.144. The van der Waals surface area contributed by atoms with E-state index in [-0.39, 0.29) is 10.9 Å². The zero-order valence-corrected chi connectivity index (χ0v) is 13.6. The van der Waals surface area contributed by atoms with Crippen LogP contribution in [0.5, 0.6) is 0 Å². The Labute approximate surface area is 133 Å². The van der Waals surface area contributed by atoms with E-state index in [1.807, 2.05) is 13.8 Å². The van der Waals surface area contributed by atoms with E-state index >= 15 is 0 Å². The second kappa shape index (κ2) is 8.10. The average molecular weight is 333 g/mol. The van der Waals surface area contributed by atoms with Gasteiger partial charge in [0.25, 0.3) is 0 Å². The number of urea groups is 1. The molecule has 0 aliphatic rings. The minimum atomic E-state index is -0.724. The van der Waals surface area contributed by atoms with E-state index in [0.29, 0.717) is 10.7 Å². The van der Waals surface area contributed by atoms with Crippen molar-refractivity contribution in [2.24, 2.45) is 5.92 Å². The van der Waals surface area contributed by atoms with Gasteiger partial charge in [-0.2, -0.15) is 0 Å². The highest BCUT2D eigenvalue weighted by Gasteiger charge is 2.26. The van der Waals surface area contributed by atoms with Crippen LogP contribution >= 0.6 is 23.2 Å². The van der Waals surface area contributed by atoms with Gasteiger partial charge in [0.05, 0.1) is 22.8 Å². The summed E-state index contributed by atoms with van der Waals surface area (Å²) in [5.41, 5.74) is 0.370. The predicted molar refractivity (Wildman–Crippen MR) is 83.9 cm³/mol. The molecule has 2 amide bonds. The SMILES string of the molecule is CC[C@@H](C)[C@H](NC(=O)Nc1cccc(Cl)c1Cl)C(=O)OC. The molecule has 1 rings (SSSR count). The third kappa shape index (κ3) is 4.79. The monoisotopic (exact) mass is 332 g/mol. The number of carbonyl (C=O) groups is 2. The van der Waals surface area contributed by atoms with Crippen molar-refractivity contribution in [1.82, 2.24) is 5.32 Å². The average Bonchev–Trinajstić information content (AvgIpc) is 2.48. The quantitative estimate of drug-likeness (QED) is 0.808. The molecule has 0 unspecified atom stereocenters. The van der Waals surface area contributed by atoms with Crippen molar-refractivity contribution in [2.75, 3.05) is 12.4 Å². The van der Waals surface area contributed by atoms with Crippen molar-refractivity contribution < 1.29 is 14.3 Å². The van der Waals surface area contributed by atoms with Gasteiger partial charge < -0.3 is 15.4 Å². The highest BCUT2D eigenvalue weighted by molar-refractivity contribution is 6.43. The number of benzene rings is 1. The molecular formula is C14H18Cl2N2O3. The molecule has 0 saturated heterocycles. The molecule has 1 aromatic carbocycles. The van der Waals surface area contributed by atoms with E-state index < -0.39 is 18.0 Å². The first-order valence-electron chi connectivity index (χ1n) is 6.50. The molecule has 1 aromatic rings. The number of carbonyl (C=O) groups excluding carboxylic acids is 2. The van der Waals surface area contributed by atoms with Crippen LogP contribution in [0.4, 0.5) is 10.5 Å². The molecular weight excluding hydrogens is 315 g/mol. The number of ether oxygens (including phenoxy) is 1. The van der Waals surface area contributed by atoms with Gasteiger partial charge >= 0.3 is 12.0 Å². The Hall–Kier alpha value is -1.46. The van der Waals surface area contributed by atoms with Gasteiger partial charge in [0.15, 0.2) is 0 Å². The Morgan fingerprint density at radius 1 is 1.33 bits per heavy atom. The molecule has 0 aromatic heterocycles. The maximum absolute atomic E-state index is 12.0. The normalized spacial score (nSPS) is 13.2. The van der Waals surface area contributed by atoms with Crippen LogP contribution in [0.2, 0.25) is 10.0 Å². The first-order valence-corrected chi connectivity index (χ1v) is 7.25. The second-order valence-corrected chi connectivity index (χ2v) is 5.37. The Kier molecular flexibility index (Phi) is 6.78. The summed E-state index contributed by atoms with van der Waals surface area (Å²) in [5, 5.41) is 5.73. The summed E-state index contributed by atoms with van der Waals surface area (Å²) in [4.78, 5) is 23.7. The summed E-state index contributed by atoms with van der Waals surface area (Å²) in [6, 6.07) is 3.62. The molecule has 7 heteroatoms. The molecule has 2 N–H and O–H groups in total. The van der Waals surface area contributed by atoms with E-state index in [1.54, 1.807) is 18.2 Å². The Morgan fingerprint density at radius 2 is 2.00 bits per heavy atom. The number of anilines is 1. The van der Waals surface area contributed by atoms with Crippen LogP contribution < -0.4 is 10.6 Å². The Morgan fingerprint density at radius 3 is 2.57 bits per heavy atom. The van der Waals surface area contributed by atoms with Crippen LogP contribution in [0.3, 0.4) is 0 Å². The fraction of sp³-hybridized carbons (Fsp3) is 0.429. The largest absolute Gasteiger partial charge is 0.467 e. The number of halogens is 2. The fourth-order valence-corrected chi connectivity index (χ4v) is 2.04. The fourth-order valence-electron chi connectivity index (χ4n) is 1.70. The summed E-state index contributed by atoms with van der Waals surface area (Å²) < 4.78 is 4.70. The van der Waals surface area contributed by atoms with Gasteiger partial charge in [-0.15, -0.1) is 0 Å². The molecule has 0 fully saturated rings. The van der Waals surface area contributed by atoms with E-state index in [2.05, 4.69) is 10.6 Å². The van der Waals surface area contributed by atoms with Crippen molar-refractivity contribution in [3.05, 3.63) is 28.2 Å². The maximum Gasteiger partial charge on any atom is 0.328 e. The lowest BCUT2D eigenvalue weighted by atomic mass is 9.99. The molecule has 5 nitrogen and oxygen atoms in total. The van der Waals surface area contributed by atoms with Crippen LogP contribution in [0.25, 0.3) is 0 Å². The number of nitrogens with one attached hydrogen (secondary N) is 2. The van der Waals surface area contributed by atoms with Crippen molar-refractivity contribution in [3.63, 3.8) is 0 Å². The van der Waals surface area contributed by atoms with Crippen LogP contribution in [0.1, 0.15) is 20.3 Å². The number of methoxy groups -OCH3 is 1. The molecule has 0 spiro atoms. The predicted octanol–water partition coefficient (Wildman–Crippen LogP) is 3.70. The van der Waals surface area contributed by atoms with Gasteiger partial charge in [0.1, 0.15) is 6.04 Å². The van der Waals surface area contributed by atoms with E-state index in [1.165, 1.54) is 7.11 Å². The van der Waals surface area contributed by atoms with E-state index in [4.69, 9.17) is 27.9 Å². The maximum atomic E-state index is 12.0. The number of hydrogen-bond donors (Lipinski definition) is 2. The minimum absolute atomic E-state index is 0.0574. The van der Waals surface area contributed by atoms with Crippen LogP contribution in [0.15, 0.2) is 18.2 Å². The van der Waals surface area contributed by atoms with Gasteiger partial charge in [-0.25, -0.2) is 9.59 Å². The zero-order valence-electron chi connectivity index (χ0n) is 12.1. The third-order valence-corrected chi connectivity index (χ3v) is 3.97. The van der Waals surface area contributed by atoms with Gasteiger partial charge in [-0.05, 0) is 18.1 Å². The van der Waals surface area contributed by atoms with Gasteiger partial charge in [-0.1, -0.05) is 49.5 Å². The summed E-state index contributed by atoms with van der Waals surface area (Å²) in [6.07, 6.45) is 0.720. The topological polar surface area (TPSA) is 67.4 Å². The Bertz CT molecular complexity index is 523. The Balaban J connectivity index is 2.78. The first-order chi connectivity index (χ1) is 9.90. The van der Waals surface area contributed by atoms with Crippen molar-refractivity contribution in [2.45, 2.75) is 26.3 Å². The summed E-state index contributed by atoms with van der Waals surface area (Å²) in [5.74, 6) is -0.547. The lowest BCUT2D eigenvalue weighted by Crippen LogP contribution is -2.47. The zero-order chi connectivity index (χ0) is 16.0. The molecule has 0 bridgehead atoms. The van der Waals surface area contributed by atoms with Gasteiger partial charge in [0.2, 0.25) is 0 Å². The van der Waals surface area contributed by atoms with E-state index in [9.17, 15) is 9.59 Å². The highest BCUT2D eigenvalue weighted by Crippen LogP contribution is 2.29. The van der Waals surface area contributed by atoms with Crippen LogP contribution in [-0.2, 0) is 9.53 Å². The van der Waals surface area contributed by atoms with Gasteiger partial charge in [0, 0.05) is 0 Å². The summed E-state index contributed by atoms with van der Waals surface area (Å²) in [7, 11) is 1.28. The van der Waals surface area contributed by atoms with Gasteiger partial charge in [-0.3, -0.25) is 0 Å². The summed E-state index contributed by atoms with van der Waals surface area (Å²) >= 11 is 11.9. The number of amides is 2. The molecule has 0 saturated carbocycles. The van der Waals surface area contributed by atoms with Crippen LogP contribution in [-0.4, -0.2) is 25.2 Å². The van der Waals surface area contributed by atoms with Crippen molar-refractivity contribution >= 4 is 40.9 Å². The molecule has 116 valence electrons. The third-order valence-electron chi connectivity index (χ3n) is 3.15. The number of esters is 1. The minimum Gasteiger partial charge on any atom is -0.467 e.